The van der Waals surface area contributed by atoms with Crippen LogP contribution in [0.2, 0.25) is 0 Å². The van der Waals surface area contributed by atoms with Crippen LogP contribution in [0.1, 0.15) is 38.5 Å². The average Bonchev–Trinajstić information content (AvgIpc) is 2.72. The number of nitrogens with zero attached hydrogens (tertiary/aromatic N) is 2. The Morgan fingerprint density at radius 2 is 1.63 bits per heavy atom. The molecule has 0 aliphatic heterocycles. The molecule has 1 amide bonds. The summed E-state index contributed by atoms with van der Waals surface area (Å²) in [5, 5.41) is 9.04. The van der Waals surface area contributed by atoms with Crippen molar-refractivity contribution >= 4 is 11.9 Å². The van der Waals surface area contributed by atoms with Gasteiger partial charge in [-0.25, -0.2) is 0 Å². The molecule has 5 nitrogen and oxygen atoms in total. The second-order valence-corrected chi connectivity index (χ2v) is 6.07. The predicted molar refractivity (Wildman–Crippen MR) is 74.0 cm³/mol. The molecule has 1 saturated carbocycles. The predicted octanol–water partition coefficient (Wildman–Crippen LogP) is 1.43. The highest BCUT2D eigenvalue weighted by molar-refractivity contribution is 5.78. The van der Waals surface area contributed by atoms with Crippen molar-refractivity contribution in [1.82, 2.24) is 9.80 Å². The van der Waals surface area contributed by atoms with Crippen LogP contribution in [0.25, 0.3) is 0 Å². The van der Waals surface area contributed by atoms with Gasteiger partial charge in [-0.05, 0) is 32.4 Å². The van der Waals surface area contributed by atoms with Crippen LogP contribution < -0.4 is 0 Å². The Bertz CT molecular complexity index is 323. The highest BCUT2D eigenvalue weighted by atomic mass is 16.4. The number of carboxylic acid groups (broad SMARTS) is 1. The van der Waals surface area contributed by atoms with E-state index in [9.17, 15) is 9.59 Å². The third kappa shape index (κ3) is 5.19. The first-order valence-corrected chi connectivity index (χ1v) is 6.95. The number of likely N-dealkylation sites (N-methyl/N-ethyl adjacent to an activating group) is 2. The zero-order chi connectivity index (χ0) is 14.5. The minimum Gasteiger partial charge on any atom is -0.481 e. The molecule has 1 aliphatic rings. The van der Waals surface area contributed by atoms with E-state index in [1.165, 1.54) is 0 Å². The van der Waals surface area contributed by atoms with Crippen molar-refractivity contribution in [2.24, 2.45) is 5.41 Å². The van der Waals surface area contributed by atoms with Crippen LogP contribution in [-0.2, 0) is 9.59 Å². The van der Waals surface area contributed by atoms with E-state index in [1.807, 2.05) is 19.0 Å². The molecule has 5 heteroatoms. The van der Waals surface area contributed by atoms with Gasteiger partial charge in [0, 0.05) is 26.6 Å². The van der Waals surface area contributed by atoms with Gasteiger partial charge in [0.05, 0.1) is 6.42 Å². The summed E-state index contributed by atoms with van der Waals surface area (Å²) in [5.41, 5.74) is -0.296. The van der Waals surface area contributed by atoms with Crippen molar-refractivity contribution in [2.75, 3.05) is 34.2 Å². The quantitative estimate of drug-likeness (QED) is 0.760. The average molecular weight is 270 g/mol. The van der Waals surface area contributed by atoms with Crippen molar-refractivity contribution in [2.45, 2.75) is 38.5 Å². The van der Waals surface area contributed by atoms with Gasteiger partial charge in [-0.3, -0.25) is 9.59 Å². The van der Waals surface area contributed by atoms with Crippen LogP contribution >= 0.6 is 0 Å². The molecule has 110 valence electrons. The molecule has 0 aromatic heterocycles. The molecular formula is C14H26N2O3. The van der Waals surface area contributed by atoms with Crippen LogP contribution in [0.5, 0.6) is 0 Å². The summed E-state index contributed by atoms with van der Waals surface area (Å²) in [5.74, 6) is -0.712. The Labute approximate surface area is 115 Å². The minimum atomic E-state index is -0.786. The van der Waals surface area contributed by atoms with Crippen molar-refractivity contribution in [3.05, 3.63) is 0 Å². The number of carbonyl (C=O) groups is 2. The van der Waals surface area contributed by atoms with E-state index in [2.05, 4.69) is 0 Å². The minimum absolute atomic E-state index is 0.0741. The standard InChI is InChI=1S/C14H26N2O3/c1-15(2)8-9-16(3)12(17)10-14(11-13(18)19)6-4-5-7-14/h4-11H2,1-3H3,(H,18,19). The topological polar surface area (TPSA) is 60.9 Å². The number of hydrogen-bond donors (Lipinski definition) is 1. The van der Waals surface area contributed by atoms with Gasteiger partial charge in [-0.2, -0.15) is 0 Å². The first-order valence-electron chi connectivity index (χ1n) is 6.95. The number of rotatable bonds is 7. The van der Waals surface area contributed by atoms with Gasteiger partial charge in [-0.15, -0.1) is 0 Å². The van der Waals surface area contributed by atoms with E-state index < -0.39 is 5.97 Å². The van der Waals surface area contributed by atoms with Gasteiger partial charge in [0.1, 0.15) is 0 Å². The third-order valence-corrected chi connectivity index (χ3v) is 4.03. The summed E-state index contributed by atoms with van der Waals surface area (Å²) in [6.07, 6.45) is 4.33. The summed E-state index contributed by atoms with van der Waals surface area (Å²) in [6.45, 7) is 1.52. The lowest BCUT2D eigenvalue weighted by atomic mass is 9.79. The van der Waals surface area contributed by atoms with Crippen molar-refractivity contribution in [3.63, 3.8) is 0 Å². The molecule has 0 radical (unpaired) electrons. The van der Waals surface area contributed by atoms with E-state index in [0.717, 1.165) is 32.2 Å². The summed E-state index contributed by atoms with van der Waals surface area (Å²) >= 11 is 0. The molecule has 1 aliphatic carbocycles. The fourth-order valence-corrected chi connectivity index (χ4v) is 2.79. The van der Waals surface area contributed by atoms with E-state index in [0.29, 0.717) is 13.0 Å². The van der Waals surface area contributed by atoms with E-state index in [-0.39, 0.29) is 17.7 Å². The summed E-state index contributed by atoms with van der Waals surface area (Å²) in [6, 6.07) is 0. The van der Waals surface area contributed by atoms with Gasteiger partial charge >= 0.3 is 5.97 Å². The van der Waals surface area contributed by atoms with Crippen LogP contribution in [0.15, 0.2) is 0 Å². The smallest absolute Gasteiger partial charge is 0.303 e. The molecule has 1 rings (SSSR count). The van der Waals surface area contributed by atoms with Gasteiger partial charge in [0.25, 0.3) is 0 Å². The molecule has 19 heavy (non-hydrogen) atoms. The van der Waals surface area contributed by atoms with Crippen LogP contribution in [-0.4, -0.2) is 61.0 Å². The van der Waals surface area contributed by atoms with E-state index in [4.69, 9.17) is 5.11 Å². The number of hydrogen-bond acceptors (Lipinski definition) is 3. The fourth-order valence-electron chi connectivity index (χ4n) is 2.79. The fraction of sp³-hybridized carbons (Fsp3) is 0.857. The van der Waals surface area contributed by atoms with Crippen molar-refractivity contribution in [3.8, 4) is 0 Å². The highest BCUT2D eigenvalue weighted by Crippen LogP contribution is 2.44. The van der Waals surface area contributed by atoms with Gasteiger partial charge in [0.2, 0.25) is 5.91 Å². The molecule has 0 bridgehead atoms. The number of carbonyl (C=O) groups excluding carboxylic acids is 1. The van der Waals surface area contributed by atoms with Gasteiger partial charge in [0.15, 0.2) is 0 Å². The maximum absolute atomic E-state index is 12.2. The van der Waals surface area contributed by atoms with E-state index in [1.54, 1.807) is 11.9 Å². The Morgan fingerprint density at radius 1 is 1.05 bits per heavy atom. The zero-order valence-corrected chi connectivity index (χ0v) is 12.3. The van der Waals surface area contributed by atoms with Crippen LogP contribution in [0, 0.1) is 5.41 Å². The van der Waals surface area contributed by atoms with Crippen LogP contribution in [0.3, 0.4) is 0 Å². The first-order chi connectivity index (χ1) is 8.84. The SMILES string of the molecule is CN(C)CCN(C)C(=O)CC1(CC(=O)O)CCCC1. The maximum Gasteiger partial charge on any atom is 0.303 e. The third-order valence-electron chi connectivity index (χ3n) is 4.03. The lowest BCUT2D eigenvalue weighted by molar-refractivity contribution is -0.141. The summed E-state index contributed by atoms with van der Waals surface area (Å²) in [4.78, 5) is 27.0. The largest absolute Gasteiger partial charge is 0.481 e. The zero-order valence-electron chi connectivity index (χ0n) is 12.3. The normalized spacial score (nSPS) is 17.7. The molecule has 0 heterocycles. The molecule has 0 unspecified atom stereocenters. The highest BCUT2D eigenvalue weighted by Gasteiger charge is 2.38. The summed E-state index contributed by atoms with van der Waals surface area (Å²) in [7, 11) is 5.75. The second kappa shape index (κ2) is 6.89. The van der Waals surface area contributed by atoms with Crippen molar-refractivity contribution < 1.29 is 14.7 Å². The van der Waals surface area contributed by atoms with Gasteiger partial charge in [-0.1, -0.05) is 12.8 Å². The molecule has 0 spiro atoms. The lowest BCUT2D eigenvalue weighted by Crippen LogP contribution is -2.37. The first kappa shape index (κ1) is 16.0. The van der Waals surface area contributed by atoms with Crippen molar-refractivity contribution in [1.29, 1.82) is 0 Å². The molecule has 0 atom stereocenters. The molecule has 0 saturated heterocycles. The number of carboxylic acids is 1. The number of amides is 1. The monoisotopic (exact) mass is 270 g/mol. The molecule has 1 fully saturated rings. The maximum atomic E-state index is 12.2. The molecule has 1 N–H and O–H groups in total. The molecule has 0 aromatic rings. The van der Waals surface area contributed by atoms with Crippen LogP contribution in [0.4, 0.5) is 0 Å². The lowest BCUT2D eigenvalue weighted by Gasteiger charge is -2.29. The summed E-state index contributed by atoms with van der Waals surface area (Å²) < 4.78 is 0. The Balaban J connectivity index is 2.54. The Morgan fingerprint density at radius 3 is 2.11 bits per heavy atom. The van der Waals surface area contributed by atoms with Gasteiger partial charge < -0.3 is 14.9 Å². The number of aliphatic carboxylic acids is 1. The Kier molecular flexibility index (Phi) is 5.79. The second-order valence-electron chi connectivity index (χ2n) is 6.07. The molecule has 0 aromatic carbocycles. The van der Waals surface area contributed by atoms with E-state index >= 15 is 0 Å². The Hall–Kier alpha value is -1.10. The molecular weight excluding hydrogens is 244 g/mol.